The summed E-state index contributed by atoms with van der Waals surface area (Å²) in [5.41, 5.74) is -0.00528. The summed E-state index contributed by atoms with van der Waals surface area (Å²) >= 11 is 0. The molecule has 0 bridgehead atoms. The topological polar surface area (TPSA) is 50.9 Å². The summed E-state index contributed by atoms with van der Waals surface area (Å²) in [6.07, 6.45) is 5.20. The second-order valence-corrected chi connectivity index (χ2v) is 3.16. The normalized spacial score (nSPS) is 14.9. The van der Waals surface area contributed by atoms with Gasteiger partial charge in [0.2, 0.25) is 0 Å². The number of aliphatic hydroxyl groups is 1. The predicted octanol–water partition coefficient (Wildman–Crippen LogP) is -0.700. The van der Waals surface area contributed by atoms with Crippen molar-refractivity contribution in [2.45, 2.75) is 5.62 Å². The standard InChI is InChI=1S/C9H8BN3O/c1-2-9(10,14)13-8-6-4-3-5-7(8)11-12-13/h1,3-6,14H,10H2. The van der Waals surface area contributed by atoms with Gasteiger partial charge in [0.05, 0.1) is 5.52 Å². The van der Waals surface area contributed by atoms with Crippen LogP contribution >= 0.6 is 0 Å². The van der Waals surface area contributed by atoms with Crippen molar-refractivity contribution in [3.05, 3.63) is 24.3 Å². The molecule has 68 valence electrons. The Labute approximate surface area is 81.9 Å². The molecule has 0 aliphatic rings. The van der Waals surface area contributed by atoms with E-state index in [1.54, 1.807) is 6.07 Å². The zero-order valence-corrected chi connectivity index (χ0v) is 7.68. The molecule has 0 saturated heterocycles. The van der Waals surface area contributed by atoms with E-state index in [9.17, 15) is 5.11 Å². The molecule has 1 atom stereocenters. The molecule has 1 aromatic carbocycles. The molecule has 1 aromatic heterocycles. The minimum atomic E-state index is -1.43. The summed E-state index contributed by atoms with van der Waals surface area (Å²) < 4.78 is 1.32. The van der Waals surface area contributed by atoms with E-state index in [2.05, 4.69) is 16.2 Å². The fourth-order valence-electron chi connectivity index (χ4n) is 1.25. The second kappa shape index (κ2) is 2.86. The highest BCUT2D eigenvalue weighted by Gasteiger charge is 2.22. The summed E-state index contributed by atoms with van der Waals surface area (Å²) in [6.45, 7) is 0. The van der Waals surface area contributed by atoms with Gasteiger partial charge in [-0.15, -0.1) is 11.5 Å². The quantitative estimate of drug-likeness (QED) is 0.472. The lowest BCUT2D eigenvalue weighted by Crippen LogP contribution is -2.32. The van der Waals surface area contributed by atoms with Gasteiger partial charge in [-0.25, -0.2) is 4.68 Å². The maximum Gasteiger partial charge on any atom is 0.189 e. The van der Waals surface area contributed by atoms with Crippen LogP contribution in [0.3, 0.4) is 0 Å². The number of terminal acetylenes is 1. The van der Waals surface area contributed by atoms with Crippen LogP contribution in [0.4, 0.5) is 0 Å². The monoisotopic (exact) mass is 185 g/mol. The molecule has 1 heterocycles. The van der Waals surface area contributed by atoms with Gasteiger partial charge in [0, 0.05) is 0 Å². The van der Waals surface area contributed by atoms with Gasteiger partial charge in [-0.2, -0.15) is 0 Å². The minimum Gasteiger partial charge on any atom is -0.367 e. The molecule has 5 heteroatoms. The molecule has 0 radical (unpaired) electrons. The number of aromatic nitrogens is 3. The third kappa shape index (κ3) is 1.17. The molecule has 2 rings (SSSR count). The third-order valence-electron chi connectivity index (χ3n) is 2.04. The first-order valence-corrected chi connectivity index (χ1v) is 4.16. The molecule has 4 nitrogen and oxygen atoms in total. The lowest BCUT2D eigenvalue weighted by atomic mass is 9.92. The van der Waals surface area contributed by atoms with Gasteiger partial charge in [0.1, 0.15) is 5.52 Å². The molecule has 1 N–H and O–H groups in total. The van der Waals surface area contributed by atoms with Crippen molar-refractivity contribution >= 4 is 18.9 Å². The van der Waals surface area contributed by atoms with E-state index in [1.807, 2.05) is 18.2 Å². The Morgan fingerprint density at radius 2 is 2.21 bits per heavy atom. The maximum absolute atomic E-state index is 9.81. The molecule has 0 aliphatic heterocycles. The summed E-state index contributed by atoms with van der Waals surface area (Å²) in [6, 6.07) is 7.31. The van der Waals surface area contributed by atoms with Crippen LogP contribution in [0.5, 0.6) is 0 Å². The van der Waals surface area contributed by atoms with E-state index < -0.39 is 5.62 Å². The first-order valence-electron chi connectivity index (χ1n) is 4.16. The molecule has 1 unspecified atom stereocenters. The number of hydrogen-bond acceptors (Lipinski definition) is 3. The molecule has 0 amide bonds. The minimum absolute atomic E-state index is 0.711. The highest BCUT2D eigenvalue weighted by Crippen LogP contribution is 2.15. The maximum atomic E-state index is 9.81. The van der Waals surface area contributed by atoms with Crippen LogP contribution in [0.2, 0.25) is 0 Å². The fourth-order valence-corrected chi connectivity index (χ4v) is 1.25. The predicted molar refractivity (Wildman–Crippen MR) is 55.1 cm³/mol. The van der Waals surface area contributed by atoms with Crippen molar-refractivity contribution in [2.75, 3.05) is 0 Å². The van der Waals surface area contributed by atoms with Crippen molar-refractivity contribution in [2.24, 2.45) is 0 Å². The Morgan fingerprint density at radius 3 is 2.93 bits per heavy atom. The average Bonchev–Trinajstić information content (AvgIpc) is 2.61. The number of fused-ring (bicyclic) bond motifs is 1. The highest BCUT2D eigenvalue weighted by atomic mass is 16.3. The van der Waals surface area contributed by atoms with E-state index >= 15 is 0 Å². The summed E-state index contributed by atoms with van der Waals surface area (Å²) in [5, 5.41) is 17.5. The van der Waals surface area contributed by atoms with E-state index in [0.29, 0.717) is 5.52 Å². The van der Waals surface area contributed by atoms with Crippen LogP contribution in [-0.2, 0) is 5.62 Å². The Morgan fingerprint density at radius 1 is 1.50 bits per heavy atom. The zero-order valence-electron chi connectivity index (χ0n) is 7.68. The zero-order chi connectivity index (χ0) is 10.2. The van der Waals surface area contributed by atoms with Gasteiger partial charge >= 0.3 is 0 Å². The van der Waals surface area contributed by atoms with Crippen LogP contribution in [0.25, 0.3) is 11.0 Å². The molecule has 0 spiro atoms. The van der Waals surface area contributed by atoms with Crippen LogP contribution in [0, 0.1) is 12.3 Å². The van der Waals surface area contributed by atoms with E-state index in [4.69, 9.17) is 6.42 Å². The summed E-state index contributed by atoms with van der Waals surface area (Å²) in [4.78, 5) is 0. The molecule has 0 aliphatic carbocycles. The first kappa shape index (κ1) is 8.79. The van der Waals surface area contributed by atoms with Crippen molar-refractivity contribution in [3.8, 4) is 12.3 Å². The molecule has 0 fully saturated rings. The molecule has 2 aromatic rings. The summed E-state index contributed by atoms with van der Waals surface area (Å²) in [5.74, 6) is 2.25. The average molecular weight is 185 g/mol. The van der Waals surface area contributed by atoms with Gasteiger partial charge in [-0.05, 0) is 12.1 Å². The fraction of sp³-hybridized carbons (Fsp3) is 0.111. The number of rotatable bonds is 1. The number of benzene rings is 1. The Kier molecular flexibility index (Phi) is 1.79. The second-order valence-electron chi connectivity index (χ2n) is 3.16. The largest absolute Gasteiger partial charge is 0.367 e. The van der Waals surface area contributed by atoms with Crippen molar-refractivity contribution in [1.29, 1.82) is 0 Å². The molecular formula is C9H8BN3O. The molecule has 14 heavy (non-hydrogen) atoms. The van der Waals surface area contributed by atoms with Gasteiger partial charge < -0.3 is 5.11 Å². The number of para-hydroxylation sites is 1. The Balaban J connectivity index is 2.72. The Bertz CT molecular complexity index is 512. The summed E-state index contributed by atoms with van der Waals surface area (Å²) in [7, 11) is 1.49. The van der Waals surface area contributed by atoms with Gasteiger partial charge in [-0.1, -0.05) is 23.3 Å². The highest BCUT2D eigenvalue weighted by molar-refractivity contribution is 6.14. The van der Waals surface area contributed by atoms with Gasteiger partial charge in [0.25, 0.3) is 0 Å². The lowest BCUT2D eigenvalue weighted by Gasteiger charge is -2.16. The first-order chi connectivity index (χ1) is 6.65. The Hall–Kier alpha value is -1.80. The van der Waals surface area contributed by atoms with Crippen molar-refractivity contribution in [1.82, 2.24) is 15.0 Å². The molecular weight excluding hydrogens is 177 g/mol. The number of nitrogens with zero attached hydrogens (tertiary/aromatic N) is 3. The third-order valence-corrected chi connectivity index (χ3v) is 2.04. The van der Waals surface area contributed by atoms with Crippen molar-refractivity contribution < 1.29 is 5.11 Å². The van der Waals surface area contributed by atoms with E-state index in [1.165, 1.54) is 12.5 Å². The van der Waals surface area contributed by atoms with E-state index in [-0.39, 0.29) is 0 Å². The number of hydrogen-bond donors (Lipinski definition) is 1. The van der Waals surface area contributed by atoms with E-state index in [0.717, 1.165) is 5.52 Å². The van der Waals surface area contributed by atoms with Crippen LogP contribution in [0.15, 0.2) is 24.3 Å². The van der Waals surface area contributed by atoms with Crippen LogP contribution in [-0.4, -0.2) is 27.9 Å². The molecule has 0 saturated carbocycles. The lowest BCUT2D eigenvalue weighted by molar-refractivity contribution is 0.103. The van der Waals surface area contributed by atoms with Crippen LogP contribution in [0.1, 0.15) is 0 Å². The SMILES string of the molecule is BC(O)(C#C)n1nnc2ccccc21. The van der Waals surface area contributed by atoms with Gasteiger partial charge in [-0.3, -0.25) is 0 Å². The van der Waals surface area contributed by atoms with Crippen LogP contribution < -0.4 is 0 Å². The van der Waals surface area contributed by atoms with Crippen molar-refractivity contribution in [3.63, 3.8) is 0 Å². The smallest absolute Gasteiger partial charge is 0.189 e. The van der Waals surface area contributed by atoms with Gasteiger partial charge in [0.15, 0.2) is 13.5 Å².